The number of hydrogen-bond donors (Lipinski definition) is 1. The van der Waals surface area contributed by atoms with E-state index in [9.17, 15) is 0 Å². The Morgan fingerprint density at radius 3 is 2.24 bits per heavy atom. The van der Waals surface area contributed by atoms with Crippen LogP contribution in [0.5, 0.6) is 0 Å². The molecule has 0 saturated heterocycles. The van der Waals surface area contributed by atoms with Crippen molar-refractivity contribution in [2.45, 2.75) is 19.9 Å². The molecule has 90 valence electrons. The second-order valence-corrected chi connectivity index (χ2v) is 5.80. The van der Waals surface area contributed by atoms with Crippen LogP contribution in [0.1, 0.15) is 24.3 Å². The minimum Gasteiger partial charge on any atom is -0.459 e. The zero-order chi connectivity index (χ0) is 12.6. The van der Waals surface area contributed by atoms with Gasteiger partial charge in [-0.2, -0.15) is 0 Å². The fourth-order valence-corrected chi connectivity index (χ4v) is 3.47. The Morgan fingerprint density at radius 2 is 1.76 bits per heavy atom. The Kier molecular flexibility index (Phi) is 3.76. The number of furan rings is 1. The summed E-state index contributed by atoms with van der Waals surface area (Å²) in [6, 6.07) is 7.90. The maximum atomic E-state index is 5.79. The maximum absolute atomic E-state index is 5.79. The summed E-state index contributed by atoms with van der Waals surface area (Å²) in [4.78, 5) is 0. The Morgan fingerprint density at radius 1 is 1.18 bits per heavy atom. The summed E-state index contributed by atoms with van der Waals surface area (Å²) in [5.41, 5.74) is 7.99. The first-order valence-corrected chi connectivity index (χ1v) is 6.89. The van der Waals surface area contributed by atoms with Crippen LogP contribution in [0, 0.1) is 6.92 Å². The summed E-state index contributed by atoms with van der Waals surface area (Å²) < 4.78 is 7.77. The van der Waals surface area contributed by atoms with Crippen molar-refractivity contribution in [1.29, 1.82) is 0 Å². The zero-order valence-electron chi connectivity index (χ0n) is 9.63. The lowest BCUT2D eigenvalue weighted by molar-refractivity contribution is 0.490. The third-order valence-electron chi connectivity index (χ3n) is 2.51. The van der Waals surface area contributed by atoms with E-state index < -0.39 is 0 Å². The first kappa shape index (κ1) is 12.9. The van der Waals surface area contributed by atoms with E-state index in [1.54, 1.807) is 0 Å². The van der Waals surface area contributed by atoms with Crippen molar-refractivity contribution in [1.82, 2.24) is 0 Å². The molecule has 0 amide bonds. The van der Waals surface area contributed by atoms with Gasteiger partial charge >= 0.3 is 0 Å². The van der Waals surface area contributed by atoms with Crippen LogP contribution in [0.25, 0.3) is 11.3 Å². The lowest BCUT2D eigenvalue weighted by atomic mass is 10.1. The molecule has 0 aliphatic heterocycles. The summed E-state index contributed by atoms with van der Waals surface area (Å²) in [6.45, 7) is 3.96. The van der Waals surface area contributed by atoms with E-state index >= 15 is 0 Å². The molecular formula is C13H13Br2NO. The second kappa shape index (κ2) is 4.96. The number of benzene rings is 1. The molecule has 2 rings (SSSR count). The van der Waals surface area contributed by atoms with E-state index in [-0.39, 0.29) is 6.04 Å². The SMILES string of the molecule is Cc1cc(Br)c(-c2ccc(C(C)N)o2)c(Br)c1. The standard InChI is InChI=1S/C13H13Br2NO/c1-7-5-9(14)13(10(15)6-7)12-4-3-11(17-12)8(2)16/h3-6,8H,16H2,1-2H3. The summed E-state index contributed by atoms with van der Waals surface area (Å²) in [5, 5.41) is 0. The largest absolute Gasteiger partial charge is 0.459 e. The van der Waals surface area contributed by atoms with E-state index in [0.717, 1.165) is 26.0 Å². The van der Waals surface area contributed by atoms with Crippen LogP contribution < -0.4 is 5.73 Å². The molecule has 0 spiro atoms. The average Bonchev–Trinajstić information content (AvgIpc) is 2.65. The van der Waals surface area contributed by atoms with Crippen molar-refractivity contribution in [3.05, 3.63) is 44.5 Å². The van der Waals surface area contributed by atoms with Gasteiger partial charge in [-0.1, -0.05) is 0 Å². The highest BCUT2D eigenvalue weighted by atomic mass is 79.9. The first-order chi connectivity index (χ1) is 7.99. The first-order valence-electron chi connectivity index (χ1n) is 5.30. The molecule has 1 atom stereocenters. The van der Waals surface area contributed by atoms with Gasteiger partial charge < -0.3 is 10.2 Å². The van der Waals surface area contributed by atoms with Crippen LogP contribution in [-0.2, 0) is 0 Å². The molecule has 0 radical (unpaired) electrons. The molecule has 17 heavy (non-hydrogen) atoms. The summed E-state index contributed by atoms with van der Waals surface area (Å²) >= 11 is 7.12. The van der Waals surface area contributed by atoms with E-state index in [2.05, 4.69) is 50.9 Å². The zero-order valence-corrected chi connectivity index (χ0v) is 12.8. The predicted molar refractivity (Wildman–Crippen MR) is 76.9 cm³/mol. The van der Waals surface area contributed by atoms with Gasteiger partial charge in [0, 0.05) is 14.5 Å². The molecule has 4 heteroatoms. The van der Waals surface area contributed by atoms with Crippen LogP contribution in [0.15, 0.2) is 37.6 Å². The topological polar surface area (TPSA) is 39.2 Å². The Bertz CT molecular complexity index is 523. The van der Waals surface area contributed by atoms with Gasteiger partial charge in [-0.3, -0.25) is 0 Å². The van der Waals surface area contributed by atoms with Crippen molar-refractivity contribution < 1.29 is 4.42 Å². The number of hydrogen-bond acceptors (Lipinski definition) is 2. The average molecular weight is 359 g/mol. The highest BCUT2D eigenvalue weighted by Crippen LogP contribution is 2.37. The van der Waals surface area contributed by atoms with Gasteiger partial charge in [0.25, 0.3) is 0 Å². The van der Waals surface area contributed by atoms with E-state index in [4.69, 9.17) is 10.2 Å². The minimum absolute atomic E-state index is 0.0910. The van der Waals surface area contributed by atoms with Gasteiger partial charge in [0.1, 0.15) is 11.5 Å². The lowest BCUT2D eigenvalue weighted by Gasteiger charge is -2.06. The van der Waals surface area contributed by atoms with E-state index in [1.807, 2.05) is 19.1 Å². The summed E-state index contributed by atoms with van der Waals surface area (Å²) in [5.74, 6) is 1.61. The summed E-state index contributed by atoms with van der Waals surface area (Å²) in [6.07, 6.45) is 0. The van der Waals surface area contributed by atoms with Gasteiger partial charge in [-0.25, -0.2) is 0 Å². The Hall–Kier alpha value is -0.580. The number of nitrogens with two attached hydrogens (primary N) is 1. The van der Waals surface area contributed by atoms with Crippen LogP contribution >= 0.6 is 31.9 Å². The lowest BCUT2D eigenvalue weighted by Crippen LogP contribution is -2.02. The Balaban J connectivity index is 2.52. The monoisotopic (exact) mass is 357 g/mol. The molecule has 0 fully saturated rings. The third-order valence-corrected chi connectivity index (χ3v) is 3.76. The van der Waals surface area contributed by atoms with Crippen molar-refractivity contribution >= 4 is 31.9 Å². The molecule has 0 aliphatic rings. The fraction of sp³-hybridized carbons (Fsp3) is 0.231. The highest BCUT2D eigenvalue weighted by Gasteiger charge is 2.14. The predicted octanol–water partition coefficient (Wildman–Crippen LogP) is 4.80. The maximum Gasteiger partial charge on any atom is 0.136 e. The summed E-state index contributed by atoms with van der Waals surface area (Å²) in [7, 11) is 0. The van der Waals surface area contributed by atoms with Gasteiger partial charge in [-0.05, 0) is 75.5 Å². The van der Waals surface area contributed by atoms with E-state index in [1.165, 1.54) is 5.56 Å². The molecule has 1 unspecified atom stereocenters. The quantitative estimate of drug-likeness (QED) is 0.837. The van der Waals surface area contributed by atoms with E-state index in [0.29, 0.717) is 0 Å². The van der Waals surface area contributed by atoms with Gasteiger partial charge in [0.2, 0.25) is 0 Å². The molecule has 1 heterocycles. The third kappa shape index (κ3) is 2.64. The molecule has 1 aromatic heterocycles. The van der Waals surface area contributed by atoms with Crippen LogP contribution in [0.3, 0.4) is 0 Å². The second-order valence-electron chi connectivity index (χ2n) is 4.09. The normalized spacial score (nSPS) is 12.8. The molecule has 0 aliphatic carbocycles. The number of halogens is 2. The van der Waals surface area contributed by atoms with Crippen molar-refractivity contribution in [2.24, 2.45) is 5.73 Å². The molecule has 0 saturated carbocycles. The van der Waals surface area contributed by atoms with Gasteiger partial charge in [0.15, 0.2) is 0 Å². The van der Waals surface area contributed by atoms with Crippen molar-refractivity contribution in [3.63, 3.8) is 0 Å². The smallest absolute Gasteiger partial charge is 0.136 e. The van der Waals surface area contributed by atoms with Gasteiger partial charge in [-0.15, -0.1) is 0 Å². The van der Waals surface area contributed by atoms with Crippen LogP contribution in [-0.4, -0.2) is 0 Å². The highest BCUT2D eigenvalue weighted by molar-refractivity contribution is 9.11. The molecule has 2 nitrogen and oxygen atoms in total. The van der Waals surface area contributed by atoms with Crippen LogP contribution in [0.2, 0.25) is 0 Å². The van der Waals surface area contributed by atoms with Crippen molar-refractivity contribution in [3.8, 4) is 11.3 Å². The molecule has 1 aromatic carbocycles. The number of rotatable bonds is 2. The molecule has 2 aromatic rings. The number of aryl methyl sites for hydroxylation is 1. The Labute approximate surface area is 117 Å². The fourth-order valence-electron chi connectivity index (χ4n) is 1.67. The molecule has 0 bridgehead atoms. The van der Waals surface area contributed by atoms with Gasteiger partial charge in [0.05, 0.1) is 6.04 Å². The minimum atomic E-state index is -0.0910. The molecular weight excluding hydrogens is 346 g/mol. The van der Waals surface area contributed by atoms with Crippen molar-refractivity contribution in [2.75, 3.05) is 0 Å². The van der Waals surface area contributed by atoms with Crippen LogP contribution in [0.4, 0.5) is 0 Å². The molecule has 2 N–H and O–H groups in total.